The highest BCUT2D eigenvalue weighted by Gasteiger charge is 2.28. The van der Waals surface area contributed by atoms with Gasteiger partial charge in [0.25, 0.3) is 0 Å². The lowest BCUT2D eigenvalue weighted by atomic mass is 9.79. The van der Waals surface area contributed by atoms with Gasteiger partial charge in [-0.05, 0) is 67.3 Å². The van der Waals surface area contributed by atoms with Crippen LogP contribution in [0.5, 0.6) is 0 Å². The number of carbonyl (C=O) groups is 1. The molecule has 0 bridgehead atoms. The van der Waals surface area contributed by atoms with Crippen LogP contribution in [0.1, 0.15) is 55.2 Å². The van der Waals surface area contributed by atoms with E-state index in [0.717, 1.165) is 32.2 Å². The molecule has 0 aliphatic heterocycles. The van der Waals surface area contributed by atoms with E-state index in [0.29, 0.717) is 12.0 Å². The van der Waals surface area contributed by atoms with Crippen molar-refractivity contribution in [2.75, 3.05) is 12.4 Å². The van der Waals surface area contributed by atoms with Gasteiger partial charge >= 0.3 is 0 Å². The SMILES string of the molecule is CNc1ccc(C)c(C2CCC(N(Cc3ccccc3)C(C)=O)CC2)c1. The van der Waals surface area contributed by atoms with Crippen LogP contribution in [0.15, 0.2) is 48.5 Å². The predicted octanol–water partition coefficient (Wildman–Crippen LogP) is 5.11. The van der Waals surface area contributed by atoms with Crippen LogP contribution in [0.3, 0.4) is 0 Å². The number of hydrogen-bond acceptors (Lipinski definition) is 2. The fourth-order valence-electron chi connectivity index (χ4n) is 4.21. The molecule has 1 saturated carbocycles. The third-order valence-electron chi connectivity index (χ3n) is 5.75. The summed E-state index contributed by atoms with van der Waals surface area (Å²) in [6, 6.07) is 17.3. The van der Waals surface area contributed by atoms with E-state index in [1.165, 1.54) is 22.4 Å². The zero-order chi connectivity index (χ0) is 18.5. The summed E-state index contributed by atoms with van der Waals surface area (Å²) < 4.78 is 0. The van der Waals surface area contributed by atoms with E-state index in [2.05, 4.69) is 47.5 Å². The van der Waals surface area contributed by atoms with Gasteiger partial charge in [0, 0.05) is 32.2 Å². The van der Waals surface area contributed by atoms with Gasteiger partial charge in [0.2, 0.25) is 5.91 Å². The molecule has 1 aliphatic rings. The first kappa shape index (κ1) is 18.5. The molecule has 0 heterocycles. The molecule has 0 aromatic heterocycles. The van der Waals surface area contributed by atoms with Gasteiger partial charge in [0.05, 0.1) is 0 Å². The minimum absolute atomic E-state index is 0.186. The van der Waals surface area contributed by atoms with E-state index in [4.69, 9.17) is 0 Å². The maximum Gasteiger partial charge on any atom is 0.219 e. The normalized spacial score (nSPS) is 19.8. The lowest BCUT2D eigenvalue weighted by molar-refractivity contribution is -0.132. The highest BCUT2D eigenvalue weighted by Crippen LogP contribution is 2.37. The fourth-order valence-corrected chi connectivity index (χ4v) is 4.21. The van der Waals surface area contributed by atoms with E-state index in [1.54, 1.807) is 6.92 Å². The molecule has 0 atom stereocenters. The summed E-state index contributed by atoms with van der Waals surface area (Å²) in [7, 11) is 1.97. The van der Waals surface area contributed by atoms with Gasteiger partial charge in [0.1, 0.15) is 0 Å². The van der Waals surface area contributed by atoms with E-state index in [9.17, 15) is 4.79 Å². The van der Waals surface area contributed by atoms with Crippen molar-refractivity contribution in [3.63, 3.8) is 0 Å². The molecule has 1 N–H and O–H groups in total. The Balaban J connectivity index is 1.67. The standard InChI is InChI=1S/C23H30N2O/c1-17-9-12-21(24-3)15-23(17)20-10-13-22(14-11-20)25(18(2)26)16-19-7-5-4-6-8-19/h4-9,12,15,20,22,24H,10-11,13-14,16H2,1-3H3. The van der Waals surface area contributed by atoms with Crippen molar-refractivity contribution in [1.29, 1.82) is 0 Å². The van der Waals surface area contributed by atoms with Crippen molar-refractivity contribution in [1.82, 2.24) is 4.90 Å². The first-order chi connectivity index (χ1) is 12.6. The first-order valence-corrected chi connectivity index (χ1v) is 9.68. The number of benzene rings is 2. The second-order valence-electron chi connectivity index (χ2n) is 7.46. The van der Waals surface area contributed by atoms with Crippen LogP contribution in [0.25, 0.3) is 0 Å². The Morgan fingerprint density at radius 3 is 2.38 bits per heavy atom. The molecular weight excluding hydrogens is 320 g/mol. The zero-order valence-electron chi connectivity index (χ0n) is 16.2. The number of rotatable bonds is 5. The minimum Gasteiger partial charge on any atom is -0.388 e. The monoisotopic (exact) mass is 350 g/mol. The molecule has 1 amide bonds. The van der Waals surface area contributed by atoms with E-state index < -0.39 is 0 Å². The number of anilines is 1. The van der Waals surface area contributed by atoms with Crippen molar-refractivity contribution in [2.45, 2.75) is 58.0 Å². The van der Waals surface area contributed by atoms with Gasteiger partial charge in [-0.2, -0.15) is 0 Å². The number of nitrogens with zero attached hydrogens (tertiary/aromatic N) is 1. The summed E-state index contributed by atoms with van der Waals surface area (Å²) in [6.07, 6.45) is 4.47. The number of nitrogens with one attached hydrogen (secondary N) is 1. The molecule has 2 aromatic carbocycles. The quantitative estimate of drug-likeness (QED) is 0.812. The third-order valence-corrected chi connectivity index (χ3v) is 5.75. The second-order valence-corrected chi connectivity index (χ2v) is 7.46. The molecule has 0 unspecified atom stereocenters. The van der Waals surface area contributed by atoms with Gasteiger partial charge < -0.3 is 10.2 Å². The van der Waals surface area contributed by atoms with E-state index in [1.807, 2.05) is 25.2 Å². The molecule has 0 radical (unpaired) electrons. The maximum atomic E-state index is 12.3. The summed E-state index contributed by atoms with van der Waals surface area (Å²) in [4.78, 5) is 14.3. The molecule has 1 fully saturated rings. The molecule has 0 spiro atoms. The number of hydrogen-bond donors (Lipinski definition) is 1. The summed E-state index contributed by atoms with van der Waals surface area (Å²) in [5.74, 6) is 0.788. The molecular formula is C23H30N2O. The molecule has 0 saturated heterocycles. The topological polar surface area (TPSA) is 32.3 Å². The van der Waals surface area contributed by atoms with Crippen LogP contribution in [0, 0.1) is 6.92 Å². The van der Waals surface area contributed by atoms with Crippen LogP contribution < -0.4 is 5.32 Å². The first-order valence-electron chi connectivity index (χ1n) is 9.68. The Bertz CT molecular complexity index is 733. The van der Waals surface area contributed by atoms with Crippen LogP contribution >= 0.6 is 0 Å². The number of amides is 1. The Kier molecular flexibility index (Phi) is 5.97. The smallest absolute Gasteiger partial charge is 0.219 e. The molecule has 3 heteroatoms. The lowest BCUT2D eigenvalue weighted by Gasteiger charge is -2.37. The van der Waals surface area contributed by atoms with Crippen molar-refractivity contribution < 1.29 is 4.79 Å². The van der Waals surface area contributed by atoms with Crippen LogP contribution in [-0.2, 0) is 11.3 Å². The van der Waals surface area contributed by atoms with Crippen molar-refractivity contribution in [2.24, 2.45) is 0 Å². The lowest BCUT2D eigenvalue weighted by Crippen LogP contribution is -2.40. The zero-order valence-corrected chi connectivity index (χ0v) is 16.2. The molecule has 138 valence electrons. The van der Waals surface area contributed by atoms with Gasteiger partial charge in [-0.15, -0.1) is 0 Å². The van der Waals surface area contributed by atoms with E-state index in [-0.39, 0.29) is 5.91 Å². The van der Waals surface area contributed by atoms with Gasteiger partial charge in [-0.25, -0.2) is 0 Å². The van der Waals surface area contributed by atoms with E-state index >= 15 is 0 Å². The van der Waals surface area contributed by atoms with Crippen LogP contribution in [-0.4, -0.2) is 23.9 Å². The summed E-state index contributed by atoms with van der Waals surface area (Å²) in [6.45, 7) is 4.63. The molecule has 3 nitrogen and oxygen atoms in total. The summed E-state index contributed by atoms with van der Waals surface area (Å²) >= 11 is 0. The third kappa shape index (κ3) is 4.27. The minimum atomic E-state index is 0.186. The van der Waals surface area contributed by atoms with Gasteiger partial charge in [0.15, 0.2) is 0 Å². The summed E-state index contributed by atoms with van der Waals surface area (Å²) in [5, 5.41) is 3.25. The Labute approximate surface area is 157 Å². The van der Waals surface area contributed by atoms with Crippen LogP contribution in [0.4, 0.5) is 5.69 Å². The van der Waals surface area contributed by atoms with Gasteiger partial charge in [-0.3, -0.25) is 4.79 Å². The van der Waals surface area contributed by atoms with Crippen LogP contribution in [0.2, 0.25) is 0 Å². The number of aryl methyl sites for hydroxylation is 1. The van der Waals surface area contributed by atoms with Crippen molar-refractivity contribution >= 4 is 11.6 Å². The fraction of sp³-hybridized carbons (Fsp3) is 0.435. The molecule has 1 aliphatic carbocycles. The highest BCUT2D eigenvalue weighted by molar-refractivity contribution is 5.73. The number of carbonyl (C=O) groups excluding carboxylic acids is 1. The largest absolute Gasteiger partial charge is 0.388 e. The highest BCUT2D eigenvalue weighted by atomic mass is 16.2. The Hall–Kier alpha value is -2.29. The maximum absolute atomic E-state index is 12.3. The average Bonchev–Trinajstić information content (AvgIpc) is 2.67. The molecule has 2 aromatic rings. The average molecular weight is 351 g/mol. The molecule has 26 heavy (non-hydrogen) atoms. The van der Waals surface area contributed by atoms with Crippen molar-refractivity contribution in [3.8, 4) is 0 Å². The molecule has 3 rings (SSSR count). The Morgan fingerprint density at radius 1 is 1.08 bits per heavy atom. The second kappa shape index (κ2) is 8.39. The van der Waals surface area contributed by atoms with Crippen molar-refractivity contribution in [3.05, 3.63) is 65.2 Å². The summed E-state index contributed by atoms with van der Waals surface area (Å²) in [5.41, 5.74) is 5.23. The predicted molar refractivity (Wildman–Crippen MR) is 108 cm³/mol. The Morgan fingerprint density at radius 2 is 1.77 bits per heavy atom. The van der Waals surface area contributed by atoms with Gasteiger partial charge in [-0.1, -0.05) is 36.4 Å².